The summed E-state index contributed by atoms with van der Waals surface area (Å²) in [5.41, 5.74) is 0.280. The molecule has 0 aliphatic rings. The first-order valence-electron chi connectivity index (χ1n) is 7.11. The minimum atomic E-state index is -3.55. The van der Waals surface area contributed by atoms with Gasteiger partial charge in [-0.1, -0.05) is 6.92 Å². The summed E-state index contributed by atoms with van der Waals surface area (Å²) in [4.78, 5) is 0.320. The van der Waals surface area contributed by atoms with E-state index < -0.39 is 15.6 Å². The van der Waals surface area contributed by atoms with Crippen molar-refractivity contribution < 1.29 is 13.2 Å². The number of hydrogen-bond donors (Lipinski definition) is 2. The average Bonchev–Trinajstić information content (AvgIpc) is 2.43. The zero-order valence-electron chi connectivity index (χ0n) is 13.5. The van der Waals surface area contributed by atoms with E-state index in [2.05, 4.69) is 10.0 Å². The Bertz CT molecular complexity index is 568. The van der Waals surface area contributed by atoms with Gasteiger partial charge >= 0.3 is 0 Å². The van der Waals surface area contributed by atoms with E-state index in [1.807, 2.05) is 27.8 Å². The molecular formula is C15H26N2O3S. The van der Waals surface area contributed by atoms with Crippen LogP contribution in [0.4, 0.5) is 0 Å². The van der Waals surface area contributed by atoms with Crippen LogP contribution >= 0.6 is 0 Å². The topological polar surface area (TPSA) is 67.4 Å². The van der Waals surface area contributed by atoms with E-state index in [1.165, 1.54) is 0 Å². The van der Waals surface area contributed by atoms with Gasteiger partial charge in [-0.25, -0.2) is 13.1 Å². The van der Waals surface area contributed by atoms with Crippen LogP contribution in [0.1, 0.15) is 32.8 Å². The van der Waals surface area contributed by atoms with E-state index in [-0.39, 0.29) is 0 Å². The molecule has 0 aliphatic carbocycles. The van der Waals surface area contributed by atoms with E-state index in [4.69, 9.17) is 4.74 Å². The number of ether oxygens (including phenoxy) is 1. The SMILES string of the molecule is CCC(C)(C)NS(=O)(=O)c1ccc(OC)cc1CCNC. The zero-order chi connectivity index (χ0) is 16.1. The van der Waals surface area contributed by atoms with Crippen molar-refractivity contribution in [3.05, 3.63) is 23.8 Å². The van der Waals surface area contributed by atoms with Crippen molar-refractivity contribution in [3.8, 4) is 5.75 Å². The Kier molecular flexibility index (Phi) is 6.19. The summed E-state index contributed by atoms with van der Waals surface area (Å²) in [5.74, 6) is 0.662. The maximum atomic E-state index is 12.6. The van der Waals surface area contributed by atoms with Crippen molar-refractivity contribution >= 4 is 10.0 Å². The highest BCUT2D eigenvalue weighted by Crippen LogP contribution is 2.24. The average molecular weight is 314 g/mol. The van der Waals surface area contributed by atoms with Crippen molar-refractivity contribution in [2.75, 3.05) is 20.7 Å². The lowest BCUT2D eigenvalue weighted by Gasteiger charge is -2.25. The van der Waals surface area contributed by atoms with Gasteiger partial charge in [-0.3, -0.25) is 0 Å². The fourth-order valence-electron chi connectivity index (χ4n) is 1.89. The first-order valence-corrected chi connectivity index (χ1v) is 8.59. The molecule has 120 valence electrons. The molecule has 0 saturated heterocycles. The van der Waals surface area contributed by atoms with Crippen molar-refractivity contribution in [2.24, 2.45) is 0 Å². The van der Waals surface area contributed by atoms with Crippen LogP contribution in [0.2, 0.25) is 0 Å². The molecule has 0 bridgehead atoms. The van der Waals surface area contributed by atoms with Gasteiger partial charge in [-0.15, -0.1) is 0 Å². The summed E-state index contributed by atoms with van der Waals surface area (Å²) in [7, 11) is -0.136. The first kappa shape index (κ1) is 17.9. The van der Waals surface area contributed by atoms with E-state index in [1.54, 1.807) is 25.3 Å². The van der Waals surface area contributed by atoms with Gasteiger partial charge in [-0.05, 0) is 64.0 Å². The summed E-state index contributed by atoms with van der Waals surface area (Å²) in [6.45, 7) is 6.41. The minimum absolute atomic E-state index is 0.320. The molecule has 0 saturated carbocycles. The Labute approximate surface area is 128 Å². The largest absolute Gasteiger partial charge is 0.497 e. The van der Waals surface area contributed by atoms with E-state index in [0.717, 1.165) is 5.56 Å². The molecule has 0 atom stereocenters. The summed E-state index contributed by atoms with van der Waals surface area (Å²) in [5, 5.41) is 3.04. The molecule has 1 aromatic carbocycles. The van der Waals surface area contributed by atoms with Crippen LogP contribution in [0.25, 0.3) is 0 Å². The Morgan fingerprint density at radius 2 is 1.95 bits per heavy atom. The summed E-state index contributed by atoms with van der Waals surface area (Å²) in [6, 6.07) is 5.07. The molecule has 1 rings (SSSR count). The van der Waals surface area contributed by atoms with Crippen LogP contribution < -0.4 is 14.8 Å². The maximum Gasteiger partial charge on any atom is 0.241 e. The van der Waals surface area contributed by atoms with Crippen LogP contribution in [0.5, 0.6) is 5.75 Å². The molecule has 1 aromatic rings. The van der Waals surface area contributed by atoms with E-state index in [0.29, 0.717) is 30.0 Å². The number of methoxy groups -OCH3 is 1. The molecule has 0 unspecified atom stereocenters. The van der Waals surface area contributed by atoms with E-state index >= 15 is 0 Å². The van der Waals surface area contributed by atoms with Crippen molar-refractivity contribution in [2.45, 2.75) is 44.0 Å². The molecule has 5 nitrogen and oxygen atoms in total. The van der Waals surface area contributed by atoms with Crippen molar-refractivity contribution in [1.29, 1.82) is 0 Å². The second-order valence-electron chi connectivity index (χ2n) is 5.67. The predicted molar refractivity (Wildman–Crippen MR) is 85.3 cm³/mol. The lowest BCUT2D eigenvalue weighted by Crippen LogP contribution is -2.43. The summed E-state index contributed by atoms with van der Waals surface area (Å²) in [6.07, 6.45) is 1.34. The number of nitrogens with one attached hydrogen (secondary N) is 2. The normalized spacial score (nSPS) is 12.4. The van der Waals surface area contributed by atoms with Gasteiger partial charge < -0.3 is 10.1 Å². The fourth-order valence-corrected chi connectivity index (χ4v) is 3.63. The number of hydrogen-bond acceptors (Lipinski definition) is 4. The highest BCUT2D eigenvalue weighted by Gasteiger charge is 2.26. The zero-order valence-corrected chi connectivity index (χ0v) is 14.3. The third-order valence-corrected chi connectivity index (χ3v) is 5.29. The van der Waals surface area contributed by atoms with Crippen LogP contribution in [-0.4, -0.2) is 34.7 Å². The van der Waals surface area contributed by atoms with Crippen molar-refractivity contribution in [3.63, 3.8) is 0 Å². The number of rotatable bonds is 8. The standard InChI is InChI=1S/C15H26N2O3S/c1-6-15(2,3)17-21(18,19)14-8-7-13(20-5)11-12(14)9-10-16-4/h7-8,11,16-17H,6,9-10H2,1-5H3. The smallest absolute Gasteiger partial charge is 0.241 e. The first-order chi connectivity index (χ1) is 9.75. The second-order valence-corrected chi connectivity index (χ2v) is 7.32. The Morgan fingerprint density at radius 3 is 2.48 bits per heavy atom. The fraction of sp³-hybridized carbons (Fsp3) is 0.600. The number of benzene rings is 1. The van der Waals surface area contributed by atoms with Crippen LogP contribution in [0.15, 0.2) is 23.1 Å². The molecule has 0 heterocycles. The highest BCUT2D eigenvalue weighted by molar-refractivity contribution is 7.89. The molecule has 2 N–H and O–H groups in total. The van der Waals surface area contributed by atoms with Gasteiger partial charge in [0.15, 0.2) is 0 Å². The second kappa shape index (κ2) is 7.24. The molecule has 0 fully saturated rings. The van der Waals surface area contributed by atoms with Crippen LogP contribution in [0, 0.1) is 0 Å². The molecule has 0 radical (unpaired) electrons. The Hall–Kier alpha value is -1.11. The monoisotopic (exact) mass is 314 g/mol. The third-order valence-electron chi connectivity index (χ3n) is 3.50. The molecule has 0 amide bonds. The number of likely N-dealkylation sites (N-methyl/N-ethyl adjacent to an activating group) is 1. The molecular weight excluding hydrogens is 288 g/mol. The molecule has 0 aromatic heterocycles. The van der Waals surface area contributed by atoms with Gasteiger partial charge in [0, 0.05) is 5.54 Å². The molecule has 0 spiro atoms. The Morgan fingerprint density at radius 1 is 1.29 bits per heavy atom. The quantitative estimate of drug-likeness (QED) is 0.769. The van der Waals surface area contributed by atoms with E-state index in [9.17, 15) is 8.42 Å². The van der Waals surface area contributed by atoms with Gasteiger partial charge in [-0.2, -0.15) is 0 Å². The van der Waals surface area contributed by atoms with Crippen LogP contribution in [-0.2, 0) is 16.4 Å². The Balaban J connectivity index is 3.21. The predicted octanol–water partition coefficient (Wildman–Crippen LogP) is 1.92. The molecule has 6 heteroatoms. The summed E-state index contributed by atoms with van der Waals surface area (Å²) >= 11 is 0. The van der Waals surface area contributed by atoms with Gasteiger partial charge in [0.2, 0.25) is 10.0 Å². The third kappa shape index (κ3) is 4.98. The lowest BCUT2D eigenvalue weighted by atomic mass is 10.0. The minimum Gasteiger partial charge on any atom is -0.497 e. The maximum absolute atomic E-state index is 12.6. The summed E-state index contributed by atoms with van der Waals surface area (Å²) < 4.78 is 33.2. The number of sulfonamides is 1. The van der Waals surface area contributed by atoms with Crippen LogP contribution in [0.3, 0.4) is 0 Å². The lowest BCUT2D eigenvalue weighted by molar-refractivity contribution is 0.413. The van der Waals surface area contributed by atoms with Gasteiger partial charge in [0.1, 0.15) is 5.75 Å². The van der Waals surface area contributed by atoms with Crippen molar-refractivity contribution in [1.82, 2.24) is 10.0 Å². The molecule has 21 heavy (non-hydrogen) atoms. The highest BCUT2D eigenvalue weighted by atomic mass is 32.2. The molecule has 0 aliphatic heterocycles. The van der Waals surface area contributed by atoms with Gasteiger partial charge in [0.05, 0.1) is 12.0 Å². The van der Waals surface area contributed by atoms with Gasteiger partial charge in [0.25, 0.3) is 0 Å².